The van der Waals surface area contributed by atoms with Crippen LogP contribution in [-0.2, 0) is 0 Å². The summed E-state index contributed by atoms with van der Waals surface area (Å²) in [7, 11) is 0. The first-order chi connectivity index (χ1) is 5.93. The summed E-state index contributed by atoms with van der Waals surface area (Å²) < 4.78 is 22.0. The Kier molecular flexibility index (Phi) is 4.97. The van der Waals surface area contributed by atoms with E-state index in [2.05, 4.69) is 6.58 Å². The zero-order valence-electron chi connectivity index (χ0n) is 7.93. The van der Waals surface area contributed by atoms with Crippen LogP contribution in [0.4, 0.5) is 8.78 Å². The van der Waals surface area contributed by atoms with Crippen molar-refractivity contribution in [2.24, 2.45) is 0 Å². The zero-order chi connectivity index (χ0) is 10.3. The van der Waals surface area contributed by atoms with Gasteiger partial charge in [-0.15, -0.1) is 0 Å². The second-order valence-corrected chi connectivity index (χ2v) is 2.94. The molecule has 0 saturated carbocycles. The first-order valence-corrected chi connectivity index (χ1v) is 3.99. The van der Waals surface area contributed by atoms with E-state index in [0.717, 1.165) is 13.8 Å². The first-order valence-electron chi connectivity index (χ1n) is 3.99. The molecule has 13 heavy (non-hydrogen) atoms. The molecule has 0 atom stereocenters. The minimum absolute atomic E-state index is 0.854. The van der Waals surface area contributed by atoms with Crippen LogP contribution >= 0.6 is 0 Å². The fourth-order valence-corrected chi connectivity index (χ4v) is 0.589. The van der Waals surface area contributed by atoms with Crippen molar-refractivity contribution in [2.75, 3.05) is 0 Å². The summed E-state index contributed by atoms with van der Waals surface area (Å²) in [5.41, 5.74) is 1.17. The lowest BCUT2D eigenvalue weighted by Crippen LogP contribution is -1.98. The van der Waals surface area contributed by atoms with Crippen molar-refractivity contribution >= 4 is 6.08 Å². The van der Waals surface area contributed by atoms with Crippen molar-refractivity contribution < 1.29 is 8.78 Å². The highest BCUT2D eigenvalue weighted by Gasteiger charge is 2.08. The molecule has 0 radical (unpaired) electrons. The molecule has 1 rings (SSSR count). The summed E-state index contributed by atoms with van der Waals surface area (Å²) in [6.07, 6.45) is 1.83. The molecule has 0 bridgehead atoms. The third-order valence-corrected chi connectivity index (χ3v) is 1.04. The molecule has 1 aromatic rings. The topological polar surface area (TPSA) is 0 Å². The van der Waals surface area contributed by atoms with Gasteiger partial charge in [-0.2, -0.15) is 0 Å². The van der Waals surface area contributed by atoms with Gasteiger partial charge in [0.2, 0.25) is 5.92 Å². The van der Waals surface area contributed by atoms with E-state index < -0.39 is 5.92 Å². The van der Waals surface area contributed by atoms with Crippen LogP contribution in [-0.4, -0.2) is 5.92 Å². The molecule has 2 heteroatoms. The van der Waals surface area contributed by atoms with E-state index in [1.165, 1.54) is 5.56 Å². The molecule has 0 amide bonds. The van der Waals surface area contributed by atoms with Gasteiger partial charge in [0.1, 0.15) is 0 Å². The fraction of sp³-hybridized carbons (Fsp3) is 0.273. The largest absolute Gasteiger partial charge is 0.242 e. The van der Waals surface area contributed by atoms with Gasteiger partial charge in [-0.3, -0.25) is 0 Å². The molecule has 0 aromatic heterocycles. The molecular weight excluding hydrogens is 170 g/mol. The van der Waals surface area contributed by atoms with Crippen LogP contribution in [0, 0.1) is 0 Å². The summed E-state index contributed by atoms with van der Waals surface area (Å²) in [5, 5.41) is 0. The Hall–Kier alpha value is -1.18. The zero-order valence-corrected chi connectivity index (χ0v) is 7.93. The third kappa shape index (κ3) is 10.8. The maximum atomic E-state index is 11.0. The average Bonchev–Trinajstić information content (AvgIpc) is 2.03. The van der Waals surface area contributed by atoms with E-state index in [0.29, 0.717) is 0 Å². The predicted octanol–water partition coefficient (Wildman–Crippen LogP) is 3.99. The van der Waals surface area contributed by atoms with E-state index in [4.69, 9.17) is 0 Å². The normalized spacial score (nSPS) is 9.85. The van der Waals surface area contributed by atoms with Crippen LogP contribution in [0.3, 0.4) is 0 Å². The van der Waals surface area contributed by atoms with E-state index in [9.17, 15) is 8.78 Å². The van der Waals surface area contributed by atoms with Crippen LogP contribution in [0.5, 0.6) is 0 Å². The number of alkyl halides is 2. The molecule has 0 aliphatic rings. The maximum absolute atomic E-state index is 11.0. The smallest absolute Gasteiger partial charge is 0.208 e. The molecule has 0 heterocycles. The lowest BCUT2D eigenvalue weighted by Gasteiger charge is -1.94. The Morgan fingerprint density at radius 3 is 1.77 bits per heavy atom. The van der Waals surface area contributed by atoms with Gasteiger partial charge in [0.05, 0.1) is 0 Å². The van der Waals surface area contributed by atoms with Gasteiger partial charge in [-0.1, -0.05) is 43.0 Å². The molecule has 1 aromatic carbocycles. The fourth-order valence-electron chi connectivity index (χ4n) is 0.589. The first kappa shape index (κ1) is 11.8. The van der Waals surface area contributed by atoms with E-state index >= 15 is 0 Å². The van der Waals surface area contributed by atoms with Gasteiger partial charge in [-0.25, -0.2) is 8.78 Å². The standard InChI is InChI=1S/C8H8.C3H6F2/c1-2-8-6-4-3-5-7-8;1-3(2,4)5/h2-7H,1H2;1-2H3. The Balaban J connectivity index is 0.000000252. The lowest BCUT2D eigenvalue weighted by atomic mass is 10.2. The van der Waals surface area contributed by atoms with Crippen molar-refractivity contribution in [3.8, 4) is 0 Å². The lowest BCUT2D eigenvalue weighted by molar-refractivity contribution is 0.0437. The Labute approximate surface area is 77.9 Å². The molecule has 0 saturated heterocycles. The number of hydrogen-bond donors (Lipinski definition) is 0. The highest BCUT2D eigenvalue weighted by atomic mass is 19.3. The Morgan fingerprint density at radius 2 is 1.54 bits per heavy atom. The molecule has 0 N–H and O–H groups in total. The highest BCUT2D eigenvalue weighted by molar-refractivity contribution is 5.45. The molecule has 0 spiro atoms. The molecule has 0 aliphatic heterocycles. The van der Waals surface area contributed by atoms with Crippen LogP contribution in [0.1, 0.15) is 19.4 Å². The molecule has 72 valence electrons. The summed E-state index contributed by atoms with van der Waals surface area (Å²) in [5.74, 6) is -2.50. The number of halogens is 2. The van der Waals surface area contributed by atoms with Crippen LogP contribution in [0.25, 0.3) is 6.08 Å². The quantitative estimate of drug-likeness (QED) is 0.619. The second kappa shape index (κ2) is 5.46. The van der Waals surface area contributed by atoms with Gasteiger partial charge in [0.15, 0.2) is 0 Å². The van der Waals surface area contributed by atoms with Gasteiger partial charge in [0.25, 0.3) is 0 Å². The van der Waals surface area contributed by atoms with E-state index in [1.807, 2.05) is 36.4 Å². The minimum Gasteiger partial charge on any atom is -0.208 e. The highest BCUT2D eigenvalue weighted by Crippen LogP contribution is 2.06. The van der Waals surface area contributed by atoms with Gasteiger partial charge in [0, 0.05) is 0 Å². The predicted molar refractivity (Wildman–Crippen MR) is 52.8 cm³/mol. The minimum atomic E-state index is -2.50. The molecular formula is C11H14F2. The molecule has 0 unspecified atom stereocenters. The van der Waals surface area contributed by atoms with Crippen LogP contribution in [0.15, 0.2) is 36.9 Å². The van der Waals surface area contributed by atoms with E-state index in [1.54, 1.807) is 0 Å². The van der Waals surface area contributed by atoms with Crippen molar-refractivity contribution in [3.63, 3.8) is 0 Å². The van der Waals surface area contributed by atoms with Crippen molar-refractivity contribution in [3.05, 3.63) is 42.5 Å². The monoisotopic (exact) mass is 184 g/mol. The third-order valence-electron chi connectivity index (χ3n) is 1.04. The van der Waals surface area contributed by atoms with Gasteiger partial charge >= 0.3 is 0 Å². The van der Waals surface area contributed by atoms with Crippen LogP contribution < -0.4 is 0 Å². The molecule has 0 fully saturated rings. The average molecular weight is 184 g/mol. The van der Waals surface area contributed by atoms with Crippen LogP contribution in [0.2, 0.25) is 0 Å². The SMILES string of the molecule is C=Cc1ccccc1.CC(C)(F)F. The molecule has 0 nitrogen and oxygen atoms in total. The summed E-state index contributed by atoms with van der Waals surface area (Å²) in [4.78, 5) is 0. The van der Waals surface area contributed by atoms with Crippen molar-refractivity contribution in [1.82, 2.24) is 0 Å². The number of hydrogen-bond acceptors (Lipinski definition) is 0. The molecule has 0 aliphatic carbocycles. The van der Waals surface area contributed by atoms with E-state index in [-0.39, 0.29) is 0 Å². The van der Waals surface area contributed by atoms with Gasteiger partial charge < -0.3 is 0 Å². The second-order valence-electron chi connectivity index (χ2n) is 2.94. The Morgan fingerprint density at radius 1 is 1.15 bits per heavy atom. The van der Waals surface area contributed by atoms with Crippen molar-refractivity contribution in [1.29, 1.82) is 0 Å². The Bertz CT molecular complexity index is 228. The van der Waals surface area contributed by atoms with Crippen molar-refractivity contribution in [2.45, 2.75) is 19.8 Å². The van der Waals surface area contributed by atoms with Gasteiger partial charge in [-0.05, 0) is 19.4 Å². The number of benzene rings is 1. The summed E-state index contributed by atoms with van der Waals surface area (Å²) >= 11 is 0. The number of rotatable bonds is 1. The summed E-state index contributed by atoms with van der Waals surface area (Å²) in [6, 6.07) is 10.0. The maximum Gasteiger partial charge on any atom is 0.242 e. The summed E-state index contributed by atoms with van der Waals surface area (Å²) in [6.45, 7) is 5.34.